The van der Waals surface area contributed by atoms with Crippen LogP contribution in [-0.2, 0) is 4.79 Å². The summed E-state index contributed by atoms with van der Waals surface area (Å²) in [6.45, 7) is 6.36. The summed E-state index contributed by atoms with van der Waals surface area (Å²) in [5.74, 6) is 0.507. The van der Waals surface area contributed by atoms with Crippen LogP contribution in [0.1, 0.15) is 25.0 Å². The molecule has 2 aromatic carbocycles. The molecule has 2 aromatic heterocycles. The van der Waals surface area contributed by atoms with Crippen LogP contribution in [0.3, 0.4) is 0 Å². The van der Waals surface area contributed by atoms with Crippen molar-refractivity contribution < 1.29 is 13.9 Å². The van der Waals surface area contributed by atoms with Crippen LogP contribution in [0.25, 0.3) is 27.7 Å². The number of aromatic nitrogens is 1. The standard InChI is InChI=1S/C24H22N2O3S/c1-4-28-22-16(3)23-19(20(14-29-23)17-8-6-5-7-9-17)13-18(22)15(2)12-21(27)26-24-25-10-11-30-24/h5-14H,4H2,1-3H3,(H,25,26,27)/b15-12+. The van der Waals surface area contributed by atoms with Gasteiger partial charge in [0.2, 0.25) is 5.91 Å². The number of allylic oxidation sites excluding steroid dienone is 1. The molecule has 152 valence electrons. The molecule has 30 heavy (non-hydrogen) atoms. The Kier molecular flexibility index (Phi) is 5.68. The van der Waals surface area contributed by atoms with Gasteiger partial charge in [0.25, 0.3) is 0 Å². The quantitative estimate of drug-likeness (QED) is 0.373. The number of fused-ring (bicyclic) bond motifs is 1. The first-order valence-corrected chi connectivity index (χ1v) is 10.6. The average molecular weight is 419 g/mol. The molecule has 1 amide bonds. The molecule has 0 saturated heterocycles. The van der Waals surface area contributed by atoms with Gasteiger partial charge >= 0.3 is 0 Å². The molecule has 0 spiro atoms. The number of rotatable bonds is 6. The summed E-state index contributed by atoms with van der Waals surface area (Å²) in [5.41, 5.74) is 5.47. The lowest BCUT2D eigenvalue weighted by Crippen LogP contribution is -2.08. The maximum Gasteiger partial charge on any atom is 0.250 e. The highest BCUT2D eigenvalue weighted by Gasteiger charge is 2.19. The minimum Gasteiger partial charge on any atom is -0.493 e. The fraction of sp³-hybridized carbons (Fsp3) is 0.167. The number of hydrogen-bond acceptors (Lipinski definition) is 5. The van der Waals surface area contributed by atoms with Crippen molar-refractivity contribution in [1.82, 2.24) is 4.98 Å². The van der Waals surface area contributed by atoms with Gasteiger partial charge in [0.15, 0.2) is 5.13 Å². The first-order valence-electron chi connectivity index (χ1n) is 9.70. The maximum atomic E-state index is 12.5. The minimum atomic E-state index is -0.224. The van der Waals surface area contributed by atoms with Crippen molar-refractivity contribution in [2.75, 3.05) is 11.9 Å². The fourth-order valence-electron chi connectivity index (χ4n) is 3.48. The smallest absolute Gasteiger partial charge is 0.250 e. The van der Waals surface area contributed by atoms with Gasteiger partial charge in [-0.1, -0.05) is 30.3 Å². The Morgan fingerprint density at radius 3 is 2.80 bits per heavy atom. The lowest BCUT2D eigenvalue weighted by molar-refractivity contribution is -0.111. The fourth-order valence-corrected chi connectivity index (χ4v) is 4.01. The molecule has 1 N–H and O–H groups in total. The van der Waals surface area contributed by atoms with Crippen LogP contribution < -0.4 is 10.1 Å². The van der Waals surface area contributed by atoms with E-state index in [1.807, 2.05) is 50.4 Å². The second-order valence-electron chi connectivity index (χ2n) is 6.86. The SMILES string of the molecule is CCOc1c(/C(C)=C/C(=O)Nc2nccs2)cc2c(-c3ccccc3)coc2c1C. The van der Waals surface area contributed by atoms with Crippen molar-refractivity contribution in [2.24, 2.45) is 0 Å². The first-order chi connectivity index (χ1) is 14.6. The van der Waals surface area contributed by atoms with Gasteiger partial charge in [-0.15, -0.1) is 11.3 Å². The predicted molar refractivity (Wildman–Crippen MR) is 122 cm³/mol. The summed E-state index contributed by atoms with van der Waals surface area (Å²) in [5, 5.41) is 6.17. The van der Waals surface area contributed by atoms with E-state index >= 15 is 0 Å². The molecule has 0 aliphatic carbocycles. The van der Waals surface area contributed by atoms with Crippen LogP contribution in [0.4, 0.5) is 5.13 Å². The van der Waals surface area contributed by atoms with E-state index in [1.54, 1.807) is 18.5 Å². The van der Waals surface area contributed by atoms with Crippen LogP contribution in [0.5, 0.6) is 5.75 Å². The highest BCUT2D eigenvalue weighted by atomic mass is 32.1. The van der Waals surface area contributed by atoms with Crippen LogP contribution in [0.2, 0.25) is 0 Å². The molecule has 2 heterocycles. The van der Waals surface area contributed by atoms with E-state index in [1.165, 1.54) is 11.3 Å². The number of thiazole rings is 1. The lowest BCUT2D eigenvalue weighted by Gasteiger charge is -2.15. The molecule has 0 aliphatic rings. The largest absolute Gasteiger partial charge is 0.493 e. The van der Waals surface area contributed by atoms with Gasteiger partial charge in [0.1, 0.15) is 11.3 Å². The van der Waals surface area contributed by atoms with Gasteiger partial charge < -0.3 is 9.15 Å². The average Bonchev–Trinajstić information content (AvgIpc) is 3.40. The number of anilines is 1. The summed E-state index contributed by atoms with van der Waals surface area (Å²) in [6.07, 6.45) is 5.01. The topological polar surface area (TPSA) is 64.4 Å². The lowest BCUT2D eigenvalue weighted by atomic mass is 9.96. The number of aryl methyl sites for hydroxylation is 1. The van der Waals surface area contributed by atoms with Gasteiger partial charge in [-0.2, -0.15) is 0 Å². The van der Waals surface area contributed by atoms with Crippen molar-refractivity contribution in [2.45, 2.75) is 20.8 Å². The van der Waals surface area contributed by atoms with E-state index in [0.29, 0.717) is 11.7 Å². The normalized spacial score (nSPS) is 11.6. The molecule has 0 bridgehead atoms. The number of amides is 1. The molecular weight excluding hydrogens is 396 g/mol. The van der Waals surface area contributed by atoms with Gasteiger partial charge in [-0.05, 0) is 38.0 Å². The number of hydrogen-bond donors (Lipinski definition) is 1. The molecule has 0 atom stereocenters. The highest BCUT2D eigenvalue weighted by Crippen LogP contribution is 2.40. The van der Waals surface area contributed by atoms with E-state index in [-0.39, 0.29) is 5.91 Å². The van der Waals surface area contributed by atoms with Crippen molar-refractivity contribution in [1.29, 1.82) is 0 Å². The van der Waals surface area contributed by atoms with E-state index in [4.69, 9.17) is 9.15 Å². The highest BCUT2D eigenvalue weighted by molar-refractivity contribution is 7.13. The maximum absolute atomic E-state index is 12.5. The predicted octanol–water partition coefficient (Wildman–Crippen LogP) is 6.31. The summed E-state index contributed by atoms with van der Waals surface area (Å²) in [6, 6.07) is 12.2. The number of furan rings is 1. The van der Waals surface area contributed by atoms with Crippen LogP contribution in [0, 0.1) is 6.92 Å². The zero-order valence-corrected chi connectivity index (χ0v) is 17.9. The van der Waals surface area contributed by atoms with Gasteiger partial charge in [0, 0.05) is 39.7 Å². The van der Waals surface area contributed by atoms with Gasteiger partial charge in [0.05, 0.1) is 12.9 Å². The monoisotopic (exact) mass is 418 g/mol. The zero-order chi connectivity index (χ0) is 21.1. The molecule has 4 rings (SSSR count). The number of nitrogens with one attached hydrogen (secondary N) is 1. The third-order valence-corrected chi connectivity index (χ3v) is 5.54. The Morgan fingerprint density at radius 1 is 1.30 bits per heavy atom. The van der Waals surface area contributed by atoms with Gasteiger partial charge in [-0.25, -0.2) is 4.98 Å². The third-order valence-electron chi connectivity index (χ3n) is 4.85. The second kappa shape index (κ2) is 8.55. The molecule has 0 radical (unpaired) electrons. The van der Waals surface area contributed by atoms with Crippen molar-refractivity contribution >= 4 is 38.9 Å². The summed E-state index contributed by atoms with van der Waals surface area (Å²) < 4.78 is 11.9. The number of benzene rings is 2. The van der Waals surface area contributed by atoms with Crippen LogP contribution in [-0.4, -0.2) is 17.5 Å². The number of carbonyl (C=O) groups excluding carboxylic acids is 1. The zero-order valence-electron chi connectivity index (χ0n) is 17.1. The van der Waals surface area contributed by atoms with Crippen molar-refractivity contribution in [3.8, 4) is 16.9 Å². The molecule has 0 unspecified atom stereocenters. The minimum absolute atomic E-state index is 0.224. The number of ether oxygens (including phenoxy) is 1. The van der Waals surface area contributed by atoms with Gasteiger partial charge in [-0.3, -0.25) is 10.1 Å². The summed E-state index contributed by atoms with van der Waals surface area (Å²) >= 11 is 1.38. The van der Waals surface area contributed by atoms with E-state index < -0.39 is 0 Å². The molecule has 6 heteroatoms. The van der Waals surface area contributed by atoms with Crippen molar-refractivity contribution in [3.63, 3.8) is 0 Å². The number of carbonyl (C=O) groups is 1. The van der Waals surface area contributed by atoms with E-state index in [2.05, 4.69) is 22.4 Å². The van der Waals surface area contributed by atoms with E-state index in [0.717, 1.165) is 44.5 Å². The molecule has 0 aliphatic heterocycles. The first kappa shape index (κ1) is 19.9. The number of nitrogens with zero attached hydrogens (tertiary/aromatic N) is 1. The Bertz CT molecular complexity index is 1210. The second-order valence-corrected chi connectivity index (χ2v) is 7.75. The third kappa shape index (κ3) is 3.86. The Morgan fingerprint density at radius 2 is 2.10 bits per heavy atom. The van der Waals surface area contributed by atoms with Crippen LogP contribution in [0.15, 0.2) is 64.7 Å². The molecule has 0 saturated carbocycles. The van der Waals surface area contributed by atoms with Crippen molar-refractivity contribution in [3.05, 3.63) is 71.4 Å². The molecule has 4 aromatic rings. The Hall–Kier alpha value is -3.38. The molecular formula is C24H22N2O3S. The Labute approximate surface area is 179 Å². The molecule has 5 nitrogen and oxygen atoms in total. The summed E-state index contributed by atoms with van der Waals surface area (Å²) in [7, 11) is 0. The van der Waals surface area contributed by atoms with E-state index in [9.17, 15) is 4.79 Å². The molecule has 0 fully saturated rings. The summed E-state index contributed by atoms with van der Waals surface area (Å²) in [4.78, 5) is 16.6. The Balaban J connectivity index is 1.81. The van der Waals surface area contributed by atoms with Crippen LogP contribution >= 0.6 is 11.3 Å².